The number of aryl methyl sites for hydroxylation is 1. The summed E-state index contributed by atoms with van der Waals surface area (Å²) in [6.07, 6.45) is 6.47. The van der Waals surface area contributed by atoms with Gasteiger partial charge in [-0.25, -0.2) is 0 Å². The molecule has 1 fully saturated rings. The summed E-state index contributed by atoms with van der Waals surface area (Å²) >= 11 is 1.88. The van der Waals surface area contributed by atoms with Crippen molar-refractivity contribution >= 4 is 11.3 Å². The minimum atomic E-state index is 0.639. The Kier molecular flexibility index (Phi) is 5.01. The maximum absolute atomic E-state index is 5.86. The summed E-state index contributed by atoms with van der Waals surface area (Å²) in [4.78, 5) is 1.51. The molecule has 1 heterocycles. The first kappa shape index (κ1) is 13.1. The fourth-order valence-corrected chi connectivity index (χ4v) is 3.75. The maximum atomic E-state index is 5.86. The number of nitrogens with two attached hydrogens (primary N) is 1. The second kappa shape index (κ2) is 6.53. The summed E-state index contributed by atoms with van der Waals surface area (Å²) in [6, 6.07) is 2.89. The molecule has 0 bridgehead atoms. The Labute approximate surface area is 109 Å². The molecule has 0 spiro atoms. The third-order valence-corrected chi connectivity index (χ3v) is 4.92. The van der Waals surface area contributed by atoms with Crippen molar-refractivity contribution in [3.8, 4) is 0 Å². The van der Waals surface area contributed by atoms with Gasteiger partial charge in [-0.1, -0.05) is 19.8 Å². The molecule has 1 aliphatic rings. The number of thiophene rings is 1. The van der Waals surface area contributed by atoms with E-state index in [1.165, 1.54) is 36.1 Å². The Morgan fingerprint density at radius 1 is 1.41 bits per heavy atom. The van der Waals surface area contributed by atoms with Gasteiger partial charge in [-0.2, -0.15) is 0 Å². The van der Waals surface area contributed by atoms with Crippen LogP contribution in [0.25, 0.3) is 0 Å². The molecule has 3 N–H and O–H groups in total. The van der Waals surface area contributed by atoms with Crippen molar-refractivity contribution in [1.29, 1.82) is 0 Å². The van der Waals surface area contributed by atoms with E-state index in [2.05, 4.69) is 23.7 Å². The van der Waals surface area contributed by atoms with Crippen molar-refractivity contribution in [3.05, 3.63) is 21.9 Å². The van der Waals surface area contributed by atoms with Crippen LogP contribution in [0.2, 0.25) is 0 Å². The van der Waals surface area contributed by atoms with Gasteiger partial charge in [0.05, 0.1) is 0 Å². The van der Waals surface area contributed by atoms with Gasteiger partial charge in [0, 0.05) is 17.5 Å². The number of hydrogen-bond donors (Lipinski definition) is 2. The third-order valence-electron chi connectivity index (χ3n) is 3.96. The van der Waals surface area contributed by atoms with E-state index in [9.17, 15) is 0 Å². The zero-order chi connectivity index (χ0) is 12.1. The maximum Gasteiger partial charge on any atom is 0.0305 e. The smallest absolute Gasteiger partial charge is 0.0305 e. The lowest BCUT2D eigenvalue weighted by atomic mass is 9.84. The van der Waals surface area contributed by atoms with E-state index < -0.39 is 0 Å². The first-order valence-electron chi connectivity index (χ1n) is 6.83. The van der Waals surface area contributed by atoms with Crippen molar-refractivity contribution in [2.24, 2.45) is 11.7 Å². The highest BCUT2D eigenvalue weighted by atomic mass is 32.1. The molecular weight excluding hydrogens is 228 g/mol. The second-order valence-electron chi connectivity index (χ2n) is 4.99. The Morgan fingerprint density at radius 3 is 3.00 bits per heavy atom. The van der Waals surface area contributed by atoms with Gasteiger partial charge < -0.3 is 11.1 Å². The summed E-state index contributed by atoms with van der Waals surface area (Å²) in [6.45, 7) is 4.10. The molecule has 1 aliphatic carbocycles. The van der Waals surface area contributed by atoms with Crippen molar-refractivity contribution in [2.45, 2.75) is 51.6 Å². The second-order valence-corrected chi connectivity index (χ2v) is 5.99. The summed E-state index contributed by atoms with van der Waals surface area (Å²) in [5.74, 6) is 0.689. The SMILES string of the molecule is CCc1ccsc1CNC1CCCCC1CN. The van der Waals surface area contributed by atoms with Crippen LogP contribution in [0.4, 0.5) is 0 Å². The Hall–Kier alpha value is -0.380. The number of rotatable bonds is 5. The molecule has 2 nitrogen and oxygen atoms in total. The number of hydrogen-bond acceptors (Lipinski definition) is 3. The van der Waals surface area contributed by atoms with Crippen LogP contribution in [0.3, 0.4) is 0 Å². The van der Waals surface area contributed by atoms with E-state index in [0.29, 0.717) is 12.0 Å². The van der Waals surface area contributed by atoms with Crippen molar-refractivity contribution in [1.82, 2.24) is 5.32 Å². The summed E-state index contributed by atoms with van der Waals surface area (Å²) in [5, 5.41) is 5.94. The molecule has 1 saturated carbocycles. The Balaban J connectivity index is 1.88. The van der Waals surface area contributed by atoms with E-state index in [-0.39, 0.29) is 0 Å². The quantitative estimate of drug-likeness (QED) is 0.845. The first-order valence-corrected chi connectivity index (χ1v) is 7.71. The van der Waals surface area contributed by atoms with Crippen LogP contribution >= 0.6 is 11.3 Å². The van der Waals surface area contributed by atoms with Gasteiger partial charge in [-0.15, -0.1) is 11.3 Å². The first-order chi connectivity index (χ1) is 8.35. The van der Waals surface area contributed by atoms with Gasteiger partial charge in [0.1, 0.15) is 0 Å². The predicted octanol–water partition coefficient (Wildman–Crippen LogP) is 2.92. The van der Waals surface area contributed by atoms with Crippen LogP contribution in [-0.2, 0) is 13.0 Å². The van der Waals surface area contributed by atoms with E-state index in [0.717, 1.165) is 19.5 Å². The highest BCUT2D eigenvalue weighted by Gasteiger charge is 2.23. The highest BCUT2D eigenvalue weighted by Crippen LogP contribution is 2.25. The van der Waals surface area contributed by atoms with Crippen LogP contribution in [0, 0.1) is 5.92 Å². The van der Waals surface area contributed by atoms with Crippen LogP contribution in [0.5, 0.6) is 0 Å². The van der Waals surface area contributed by atoms with E-state index >= 15 is 0 Å². The van der Waals surface area contributed by atoms with E-state index in [4.69, 9.17) is 5.73 Å². The standard InChI is InChI=1S/C14H24N2S/c1-2-11-7-8-17-14(11)10-16-13-6-4-3-5-12(13)9-15/h7-8,12-13,16H,2-6,9-10,15H2,1H3. The molecule has 0 radical (unpaired) electrons. The topological polar surface area (TPSA) is 38.0 Å². The van der Waals surface area contributed by atoms with Gasteiger partial charge in [0.25, 0.3) is 0 Å². The molecule has 17 heavy (non-hydrogen) atoms. The zero-order valence-electron chi connectivity index (χ0n) is 10.7. The zero-order valence-corrected chi connectivity index (χ0v) is 11.6. The highest BCUT2D eigenvalue weighted by molar-refractivity contribution is 7.10. The molecule has 0 amide bonds. The van der Waals surface area contributed by atoms with Crippen molar-refractivity contribution < 1.29 is 0 Å². The van der Waals surface area contributed by atoms with E-state index in [1.54, 1.807) is 0 Å². The molecule has 96 valence electrons. The van der Waals surface area contributed by atoms with Gasteiger partial charge >= 0.3 is 0 Å². The molecular formula is C14H24N2S. The van der Waals surface area contributed by atoms with Gasteiger partial charge in [0.2, 0.25) is 0 Å². The van der Waals surface area contributed by atoms with Gasteiger partial charge in [-0.3, -0.25) is 0 Å². The average Bonchev–Trinajstić information content (AvgIpc) is 2.84. The van der Waals surface area contributed by atoms with Gasteiger partial charge in [0.15, 0.2) is 0 Å². The monoisotopic (exact) mass is 252 g/mol. The lowest BCUT2D eigenvalue weighted by Crippen LogP contribution is -2.41. The Bertz CT molecular complexity index is 335. The Morgan fingerprint density at radius 2 is 2.24 bits per heavy atom. The molecule has 2 unspecified atom stereocenters. The van der Waals surface area contributed by atoms with Crippen LogP contribution < -0.4 is 11.1 Å². The lowest BCUT2D eigenvalue weighted by Gasteiger charge is -2.31. The third kappa shape index (κ3) is 3.30. The van der Waals surface area contributed by atoms with Crippen molar-refractivity contribution in [2.75, 3.05) is 6.54 Å². The normalized spacial score (nSPS) is 25.1. The molecule has 0 aromatic carbocycles. The minimum absolute atomic E-state index is 0.639. The average molecular weight is 252 g/mol. The summed E-state index contributed by atoms with van der Waals surface area (Å²) in [5.41, 5.74) is 7.36. The lowest BCUT2D eigenvalue weighted by molar-refractivity contribution is 0.267. The molecule has 1 aromatic heterocycles. The number of nitrogens with one attached hydrogen (secondary N) is 1. The fraction of sp³-hybridized carbons (Fsp3) is 0.714. The molecule has 1 aromatic rings. The summed E-state index contributed by atoms with van der Waals surface area (Å²) < 4.78 is 0. The fourth-order valence-electron chi connectivity index (χ4n) is 2.82. The minimum Gasteiger partial charge on any atom is -0.330 e. The predicted molar refractivity (Wildman–Crippen MR) is 75.3 cm³/mol. The molecule has 0 saturated heterocycles. The van der Waals surface area contributed by atoms with Gasteiger partial charge in [-0.05, 0) is 48.7 Å². The molecule has 2 atom stereocenters. The molecule has 3 heteroatoms. The van der Waals surface area contributed by atoms with Crippen LogP contribution in [0.1, 0.15) is 43.0 Å². The molecule has 0 aliphatic heterocycles. The van der Waals surface area contributed by atoms with Crippen LogP contribution in [0.15, 0.2) is 11.4 Å². The molecule has 2 rings (SSSR count). The summed E-state index contributed by atoms with van der Waals surface area (Å²) in [7, 11) is 0. The van der Waals surface area contributed by atoms with Crippen molar-refractivity contribution in [3.63, 3.8) is 0 Å². The van der Waals surface area contributed by atoms with Crippen LogP contribution in [-0.4, -0.2) is 12.6 Å². The van der Waals surface area contributed by atoms with E-state index in [1.807, 2.05) is 11.3 Å². The largest absolute Gasteiger partial charge is 0.330 e.